The van der Waals surface area contributed by atoms with E-state index >= 15 is 0 Å². The van der Waals surface area contributed by atoms with E-state index in [0.29, 0.717) is 0 Å². The van der Waals surface area contributed by atoms with Crippen molar-refractivity contribution in [2.24, 2.45) is 0 Å². The fourth-order valence-electron chi connectivity index (χ4n) is 0.721. The van der Waals surface area contributed by atoms with Gasteiger partial charge in [-0.2, -0.15) is 0 Å². The topological polar surface area (TPSA) is 87.0 Å². The summed E-state index contributed by atoms with van der Waals surface area (Å²) in [6.45, 7) is -0.181. The van der Waals surface area contributed by atoms with E-state index < -0.39 is 18.2 Å². The molecule has 1 heterocycles. The van der Waals surface area contributed by atoms with Crippen molar-refractivity contribution < 1.29 is 24.9 Å². The van der Waals surface area contributed by atoms with Crippen molar-refractivity contribution in [3.63, 3.8) is 0 Å². The first-order chi connectivity index (χ1) is 5.11. The van der Waals surface area contributed by atoms with Crippen LogP contribution in [0.2, 0.25) is 0 Å². The van der Waals surface area contributed by atoms with Gasteiger partial charge in [0.25, 0.3) is 0 Å². The van der Waals surface area contributed by atoms with Crippen molar-refractivity contribution in [3.8, 4) is 0 Å². The fraction of sp³-hybridized carbons (Fsp3) is 0.500. The molecule has 2 atom stereocenters. The molecule has 0 aromatic heterocycles. The van der Waals surface area contributed by atoms with Gasteiger partial charge in [-0.3, -0.25) is 0 Å². The number of carboxylic acids is 1. The van der Waals surface area contributed by atoms with Crippen LogP contribution in [0.15, 0.2) is 11.8 Å². The third kappa shape index (κ3) is 1.69. The average Bonchev–Trinajstić information content (AvgIpc) is 1.94. The third-order valence-corrected chi connectivity index (χ3v) is 1.34. The van der Waals surface area contributed by atoms with Crippen LogP contribution in [0.5, 0.6) is 0 Å². The second-order valence-corrected chi connectivity index (χ2v) is 2.21. The molecule has 0 amide bonds. The zero-order valence-electron chi connectivity index (χ0n) is 5.60. The van der Waals surface area contributed by atoms with Crippen molar-refractivity contribution >= 4 is 5.97 Å². The Kier molecular flexibility index (Phi) is 2.11. The highest BCUT2D eigenvalue weighted by atomic mass is 16.5. The van der Waals surface area contributed by atoms with Gasteiger partial charge in [0.15, 0.2) is 0 Å². The van der Waals surface area contributed by atoms with Gasteiger partial charge in [0, 0.05) is 0 Å². The average molecular weight is 160 g/mol. The Bertz CT molecular complexity index is 197. The van der Waals surface area contributed by atoms with Gasteiger partial charge in [0.05, 0.1) is 0 Å². The van der Waals surface area contributed by atoms with E-state index in [0.717, 1.165) is 6.08 Å². The number of hydrogen-bond acceptors (Lipinski definition) is 4. The molecule has 0 spiro atoms. The summed E-state index contributed by atoms with van der Waals surface area (Å²) in [5.41, 5.74) is 0. The van der Waals surface area contributed by atoms with Crippen molar-refractivity contribution in [1.29, 1.82) is 0 Å². The van der Waals surface area contributed by atoms with Crippen LogP contribution in [0, 0.1) is 0 Å². The molecule has 1 unspecified atom stereocenters. The lowest BCUT2D eigenvalue weighted by Crippen LogP contribution is -2.34. The minimum Gasteiger partial charge on any atom is -0.484 e. The maximum atomic E-state index is 10.2. The molecule has 1 rings (SSSR count). The Labute approximate surface area is 62.5 Å². The maximum Gasteiger partial charge on any atom is 0.370 e. The van der Waals surface area contributed by atoms with Crippen molar-refractivity contribution in [2.45, 2.75) is 12.2 Å². The highest BCUT2D eigenvalue weighted by Crippen LogP contribution is 2.10. The Morgan fingerprint density at radius 3 is 2.73 bits per heavy atom. The second kappa shape index (κ2) is 2.89. The van der Waals surface area contributed by atoms with Crippen molar-refractivity contribution in [3.05, 3.63) is 11.8 Å². The highest BCUT2D eigenvalue weighted by Gasteiger charge is 2.24. The second-order valence-electron chi connectivity index (χ2n) is 2.21. The number of ether oxygens (including phenoxy) is 1. The molecule has 1 aliphatic heterocycles. The van der Waals surface area contributed by atoms with E-state index in [9.17, 15) is 4.79 Å². The quantitative estimate of drug-likeness (QED) is 0.444. The lowest BCUT2D eigenvalue weighted by atomic mass is 10.1. The Balaban J connectivity index is 2.71. The summed E-state index contributed by atoms with van der Waals surface area (Å²) in [5.74, 6) is -1.56. The summed E-state index contributed by atoms with van der Waals surface area (Å²) in [4.78, 5) is 10.2. The van der Waals surface area contributed by atoms with Crippen LogP contribution < -0.4 is 0 Å². The lowest BCUT2D eigenvalue weighted by Gasteiger charge is -2.21. The Hall–Kier alpha value is -1.07. The number of hydrogen-bond donors (Lipinski definition) is 3. The summed E-state index contributed by atoms with van der Waals surface area (Å²) in [6.07, 6.45) is -1.20. The van der Waals surface area contributed by atoms with E-state index in [1.165, 1.54) is 0 Å². The van der Waals surface area contributed by atoms with Crippen LogP contribution in [-0.4, -0.2) is 40.1 Å². The predicted molar refractivity (Wildman–Crippen MR) is 33.7 cm³/mol. The summed E-state index contributed by atoms with van der Waals surface area (Å²) in [7, 11) is 0. The van der Waals surface area contributed by atoms with Gasteiger partial charge in [0.2, 0.25) is 5.76 Å². The largest absolute Gasteiger partial charge is 0.484 e. The molecular weight excluding hydrogens is 152 g/mol. The molecule has 0 saturated carbocycles. The van der Waals surface area contributed by atoms with E-state index in [-0.39, 0.29) is 12.4 Å². The number of rotatable bonds is 1. The minimum absolute atomic E-state index is 0.181. The number of aliphatic hydroxyl groups excluding tert-OH is 2. The molecule has 0 aromatic rings. The number of aliphatic carboxylic acids is 1. The van der Waals surface area contributed by atoms with Gasteiger partial charge in [-0.1, -0.05) is 0 Å². The Morgan fingerprint density at radius 2 is 2.27 bits per heavy atom. The molecular formula is C6H8O5. The summed E-state index contributed by atoms with van der Waals surface area (Å²) in [6, 6.07) is 0. The zero-order valence-corrected chi connectivity index (χ0v) is 5.60. The molecule has 0 bridgehead atoms. The molecule has 3 N–H and O–H groups in total. The van der Waals surface area contributed by atoms with Crippen LogP contribution in [0.4, 0.5) is 0 Å². The molecule has 5 nitrogen and oxygen atoms in total. The van der Waals surface area contributed by atoms with Gasteiger partial charge in [-0.15, -0.1) is 0 Å². The first-order valence-corrected chi connectivity index (χ1v) is 3.05. The van der Waals surface area contributed by atoms with Gasteiger partial charge in [-0.25, -0.2) is 4.79 Å². The number of carboxylic acid groups (broad SMARTS) is 1. The maximum absolute atomic E-state index is 10.2. The van der Waals surface area contributed by atoms with Crippen LogP contribution in [0.25, 0.3) is 0 Å². The molecule has 0 saturated heterocycles. The molecule has 62 valence electrons. The molecule has 0 radical (unpaired) electrons. The molecule has 0 fully saturated rings. The van der Waals surface area contributed by atoms with Crippen LogP contribution in [-0.2, 0) is 9.53 Å². The van der Waals surface area contributed by atoms with Crippen LogP contribution in [0.3, 0.4) is 0 Å². The molecule has 1 aliphatic rings. The van der Waals surface area contributed by atoms with E-state index in [2.05, 4.69) is 4.74 Å². The monoisotopic (exact) mass is 160 g/mol. The summed E-state index contributed by atoms with van der Waals surface area (Å²) in [5, 5.41) is 26.1. The van der Waals surface area contributed by atoms with Gasteiger partial charge in [0.1, 0.15) is 18.8 Å². The molecule has 0 aromatic carbocycles. The standard InChI is InChI=1S/C6H8O5/c7-3-1-5(6(9)10)11-2-4(3)8/h1,3-4,7-8H,2H2,(H,9,10)/t3-,4?/m1/s1. The SMILES string of the molecule is O=C(O)C1=C[C@@H](O)C(O)CO1. The van der Waals surface area contributed by atoms with E-state index in [1.807, 2.05) is 0 Å². The summed E-state index contributed by atoms with van der Waals surface area (Å²) < 4.78 is 4.57. The molecule has 0 aliphatic carbocycles. The lowest BCUT2D eigenvalue weighted by molar-refractivity contribution is -0.138. The van der Waals surface area contributed by atoms with Crippen LogP contribution >= 0.6 is 0 Å². The number of carbonyl (C=O) groups is 1. The number of aliphatic hydroxyl groups is 2. The van der Waals surface area contributed by atoms with Crippen molar-refractivity contribution in [2.75, 3.05) is 6.61 Å². The molecule has 5 heteroatoms. The zero-order chi connectivity index (χ0) is 8.43. The van der Waals surface area contributed by atoms with E-state index in [4.69, 9.17) is 15.3 Å². The summed E-state index contributed by atoms with van der Waals surface area (Å²) >= 11 is 0. The predicted octanol–water partition coefficient (Wildman–Crippen LogP) is -1.29. The highest BCUT2D eigenvalue weighted by molar-refractivity contribution is 5.84. The van der Waals surface area contributed by atoms with E-state index in [1.54, 1.807) is 0 Å². The van der Waals surface area contributed by atoms with Crippen LogP contribution in [0.1, 0.15) is 0 Å². The fourth-order valence-corrected chi connectivity index (χ4v) is 0.721. The first kappa shape index (κ1) is 8.03. The minimum atomic E-state index is -1.24. The van der Waals surface area contributed by atoms with Gasteiger partial charge < -0.3 is 20.1 Å². The Morgan fingerprint density at radius 1 is 1.64 bits per heavy atom. The smallest absolute Gasteiger partial charge is 0.370 e. The first-order valence-electron chi connectivity index (χ1n) is 3.05. The van der Waals surface area contributed by atoms with Gasteiger partial charge >= 0.3 is 5.97 Å². The third-order valence-electron chi connectivity index (χ3n) is 1.34. The van der Waals surface area contributed by atoms with Gasteiger partial charge in [-0.05, 0) is 6.08 Å². The van der Waals surface area contributed by atoms with Crippen molar-refractivity contribution in [1.82, 2.24) is 0 Å². The normalized spacial score (nSPS) is 30.5. The molecule has 11 heavy (non-hydrogen) atoms.